The maximum absolute atomic E-state index is 11.7. The van der Waals surface area contributed by atoms with E-state index in [1.54, 1.807) is 13.2 Å². The van der Waals surface area contributed by atoms with Gasteiger partial charge < -0.3 is 10.0 Å². The highest BCUT2D eigenvalue weighted by molar-refractivity contribution is 6.33. The molecule has 0 aromatic carbocycles. The molecule has 0 bridgehead atoms. The fraction of sp³-hybridized carbons (Fsp3) is 0.636. The summed E-state index contributed by atoms with van der Waals surface area (Å²) in [7, 11) is 1.57. The quantitative estimate of drug-likeness (QED) is 0.845. The van der Waals surface area contributed by atoms with Crippen molar-refractivity contribution in [2.45, 2.75) is 12.8 Å². The van der Waals surface area contributed by atoms with Crippen LogP contribution < -0.4 is 10.5 Å². The van der Waals surface area contributed by atoms with E-state index in [0.717, 1.165) is 25.9 Å². The fourth-order valence-corrected chi connectivity index (χ4v) is 2.45. The molecule has 6 heteroatoms. The van der Waals surface area contributed by atoms with Crippen molar-refractivity contribution < 1.29 is 5.11 Å². The van der Waals surface area contributed by atoms with E-state index >= 15 is 0 Å². The summed E-state index contributed by atoms with van der Waals surface area (Å²) in [6.45, 7) is 1.75. The van der Waals surface area contributed by atoms with Crippen molar-refractivity contribution in [3.8, 4) is 0 Å². The van der Waals surface area contributed by atoms with Crippen molar-refractivity contribution in [3.05, 3.63) is 21.6 Å². The van der Waals surface area contributed by atoms with Crippen LogP contribution in [0.3, 0.4) is 0 Å². The smallest absolute Gasteiger partial charge is 0.287 e. The molecule has 1 aliphatic heterocycles. The molecule has 1 saturated heterocycles. The number of hydrogen-bond donors (Lipinski definition) is 1. The van der Waals surface area contributed by atoms with Gasteiger partial charge in [0.1, 0.15) is 5.02 Å². The van der Waals surface area contributed by atoms with Crippen LogP contribution in [0.1, 0.15) is 12.8 Å². The van der Waals surface area contributed by atoms with E-state index in [-0.39, 0.29) is 23.1 Å². The van der Waals surface area contributed by atoms with E-state index < -0.39 is 0 Å². The van der Waals surface area contributed by atoms with Crippen LogP contribution in [0.2, 0.25) is 5.02 Å². The van der Waals surface area contributed by atoms with Gasteiger partial charge in [0, 0.05) is 26.7 Å². The maximum atomic E-state index is 11.7. The Hall–Kier alpha value is -1.07. The van der Waals surface area contributed by atoms with Gasteiger partial charge in [-0.1, -0.05) is 11.6 Å². The van der Waals surface area contributed by atoms with Gasteiger partial charge in [-0.05, 0) is 18.8 Å². The zero-order valence-corrected chi connectivity index (χ0v) is 10.5. The first-order valence-corrected chi connectivity index (χ1v) is 6.09. The molecule has 1 N–H and O–H groups in total. The first-order chi connectivity index (χ1) is 8.13. The average molecular weight is 258 g/mol. The minimum absolute atomic E-state index is 0.173. The highest BCUT2D eigenvalue weighted by Crippen LogP contribution is 2.26. The van der Waals surface area contributed by atoms with E-state index in [2.05, 4.69) is 5.10 Å². The third kappa shape index (κ3) is 2.45. The van der Waals surface area contributed by atoms with Gasteiger partial charge in [0.15, 0.2) is 0 Å². The Morgan fingerprint density at radius 1 is 1.65 bits per heavy atom. The molecule has 0 saturated carbocycles. The van der Waals surface area contributed by atoms with Crippen molar-refractivity contribution in [2.75, 3.05) is 24.6 Å². The van der Waals surface area contributed by atoms with E-state index in [1.807, 2.05) is 4.90 Å². The first-order valence-electron chi connectivity index (χ1n) is 5.71. The summed E-state index contributed by atoms with van der Waals surface area (Å²) in [5, 5.41) is 13.4. The average Bonchev–Trinajstić information content (AvgIpc) is 2.36. The van der Waals surface area contributed by atoms with E-state index in [4.69, 9.17) is 11.6 Å². The number of halogens is 1. The number of nitrogens with zero attached hydrogens (tertiary/aromatic N) is 3. The number of piperidine rings is 1. The Labute approximate surface area is 105 Å². The molecule has 1 aromatic rings. The minimum Gasteiger partial charge on any atom is -0.396 e. The Morgan fingerprint density at radius 2 is 2.41 bits per heavy atom. The van der Waals surface area contributed by atoms with Crippen molar-refractivity contribution in [1.29, 1.82) is 0 Å². The van der Waals surface area contributed by atoms with Gasteiger partial charge in [-0.2, -0.15) is 5.10 Å². The summed E-state index contributed by atoms with van der Waals surface area (Å²) < 4.78 is 1.22. The van der Waals surface area contributed by atoms with Gasteiger partial charge >= 0.3 is 0 Å². The number of rotatable bonds is 2. The monoisotopic (exact) mass is 257 g/mol. The van der Waals surface area contributed by atoms with Crippen molar-refractivity contribution in [1.82, 2.24) is 9.78 Å². The molecule has 5 nitrogen and oxygen atoms in total. The van der Waals surface area contributed by atoms with Crippen LogP contribution >= 0.6 is 11.6 Å². The lowest BCUT2D eigenvalue weighted by molar-refractivity contribution is 0.208. The maximum Gasteiger partial charge on any atom is 0.287 e. The van der Waals surface area contributed by atoms with Crippen LogP contribution in [-0.4, -0.2) is 34.6 Å². The second kappa shape index (κ2) is 5.06. The first kappa shape index (κ1) is 12.4. The Bertz CT molecular complexity index is 461. The zero-order valence-electron chi connectivity index (χ0n) is 9.77. The molecule has 17 heavy (non-hydrogen) atoms. The van der Waals surface area contributed by atoms with E-state index in [0.29, 0.717) is 5.69 Å². The van der Waals surface area contributed by atoms with Crippen molar-refractivity contribution >= 4 is 17.3 Å². The van der Waals surface area contributed by atoms with Gasteiger partial charge in [0.2, 0.25) is 0 Å². The molecule has 1 atom stereocenters. The predicted octanol–water partition coefficient (Wildman–Crippen LogP) is 0.642. The topological polar surface area (TPSA) is 58.4 Å². The molecule has 0 radical (unpaired) electrons. The second-order valence-corrected chi connectivity index (χ2v) is 4.79. The normalized spacial score (nSPS) is 20.6. The SMILES string of the molecule is Cn1ncc(N2CCCC(CO)C2)c(Cl)c1=O. The minimum atomic E-state index is -0.282. The molecule has 2 rings (SSSR count). The van der Waals surface area contributed by atoms with Gasteiger partial charge in [0.05, 0.1) is 11.9 Å². The molecule has 1 unspecified atom stereocenters. The molecule has 1 aliphatic rings. The standard InChI is InChI=1S/C11H16ClN3O2/c1-14-11(17)10(12)9(5-13-14)15-4-2-3-8(6-15)7-16/h5,8,16H,2-4,6-7H2,1H3. The lowest BCUT2D eigenvalue weighted by Crippen LogP contribution is -2.38. The van der Waals surface area contributed by atoms with E-state index in [9.17, 15) is 9.90 Å². The van der Waals surface area contributed by atoms with Gasteiger partial charge in [-0.15, -0.1) is 0 Å². The third-order valence-corrected chi connectivity index (χ3v) is 3.53. The highest BCUT2D eigenvalue weighted by atomic mass is 35.5. The largest absolute Gasteiger partial charge is 0.396 e. The van der Waals surface area contributed by atoms with Gasteiger partial charge in [0.25, 0.3) is 5.56 Å². The summed E-state index contributed by atoms with van der Waals surface area (Å²) in [5.41, 5.74) is 0.392. The third-order valence-electron chi connectivity index (χ3n) is 3.18. The molecule has 94 valence electrons. The Morgan fingerprint density at radius 3 is 3.12 bits per heavy atom. The fourth-order valence-electron chi connectivity index (χ4n) is 2.16. The van der Waals surface area contributed by atoms with Crippen LogP contribution in [0.4, 0.5) is 5.69 Å². The van der Waals surface area contributed by atoms with Gasteiger partial charge in [-0.25, -0.2) is 4.68 Å². The highest BCUT2D eigenvalue weighted by Gasteiger charge is 2.22. The number of anilines is 1. The number of aliphatic hydroxyl groups is 1. The molecule has 0 amide bonds. The van der Waals surface area contributed by atoms with E-state index in [1.165, 1.54) is 4.68 Å². The van der Waals surface area contributed by atoms with Gasteiger partial charge in [-0.3, -0.25) is 4.79 Å². The molecule has 2 heterocycles. The summed E-state index contributed by atoms with van der Waals surface area (Å²) in [4.78, 5) is 13.7. The second-order valence-electron chi connectivity index (χ2n) is 4.41. The summed E-state index contributed by atoms with van der Waals surface area (Å²) in [6, 6.07) is 0. The summed E-state index contributed by atoms with van der Waals surface area (Å²) in [6.07, 6.45) is 3.63. The Balaban J connectivity index is 2.28. The van der Waals surface area contributed by atoms with Crippen LogP contribution in [0.5, 0.6) is 0 Å². The number of hydrogen-bond acceptors (Lipinski definition) is 4. The predicted molar refractivity (Wildman–Crippen MR) is 66.5 cm³/mol. The van der Waals surface area contributed by atoms with Crippen LogP contribution in [-0.2, 0) is 7.05 Å². The van der Waals surface area contributed by atoms with Crippen LogP contribution in [0, 0.1) is 5.92 Å². The Kier molecular flexibility index (Phi) is 3.69. The summed E-state index contributed by atoms with van der Waals surface area (Å²) >= 11 is 6.05. The summed E-state index contributed by atoms with van der Waals surface area (Å²) in [5.74, 6) is 0.254. The van der Waals surface area contributed by atoms with Crippen molar-refractivity contribution in [3.63, 3.8) is 0 Å². The van der Waals surface area contributed by atoms with Crippen LogP contribution in [0.15, 0.2) is 11.0 Å². The molecule has 1 fully saturated rings. The van der Waals surface area contributed by atoms with Crippen molar-refractivity contribution in [2.24, 2.45) is 13.0 Å². The molecule has 1 aromatic heterocycles. The number of aliphatic hydroxyl groups excluding tert-OH is 1. The molecular weight excluding hydrogens is 242 g/mol. The number of aryl methyl sites for hydroxylation is 1. The molecule has 0 aliphatic carbocycles. The molecule has 0 spiro atoms. The zero-order chi connectivity index (χ0) is 12.4. The molecular formula is C11H16ClN3O2. The lowest BCUT2D eigenvalue weighted by Gasteiger charge is -2.33. The lowest BCUT2D eigenvalue weighted by atomic mass is 9.99. The van der Waals surface area contributed by atoms with Crippen LogP contribution in [0.25, 0.3) is 0 Å². The number of aromatic nitrogens is 2.